The summed E-state index contributed by atoms with van der Waals surface area (Å²) in [5.41, 5.74) is 1.87. The minimum Gasteiger partial charge on any atom is -0.396 e. The Morgan fingerprint density at radius 2 is 1.97 bits per heavy atom. The molecule has 0 atom stereocenters. The van der Waals surface area contributed by atoms with Crippen molar-refractivity contribution >= 4 is 23.2 Å². The lowest BCUT2D eigenvalue weighted by molar-refractivity contribution is -0.116. The molecule has 8 heteroatoms. The molecule has 156 valence electrons. The molecule has 0 radical (unpaired) electrons. The molecular weight excluding hydrogens is 409 g/mol. The van der Waals surface area contributed by atoms with Crippen LogP contribution in [0.4, 0.5) is 10.1 Å². The zero-order valence-corrected chi connectivity index (χ0v) is 17.3. The number of para-hydroxylation sites is 1. The summed E-state index contributed by atoms with van der Waals surface area (Å²) in [4.78, 5) is 30.3. The first-order valence-electron chi connectivity index (χ1n) is 9.34. The third-order valence-electron chi connectivity index (χ3n) is 4.70. The lowest BCUT2D eigenvalue weighted by atomic mass is 10.1. The number of nitrogens with zero attached hydrogens (tertiary/aromatic N) is 2. The number of aliphatic hydroxyl groups is 1. The summed E-state index contributed by atoms with van der Waals surface area (Å²) in [6.07, 6.45) is 0.104. The van der Waals surface area contributed by atoms with Gasteiger partial charge in [-0.25, -0.2) is 9.37 Å². The monoisotopic (exact) mass is 429 g/mol. The second-order valence-electron chi connectivity index (χ2n) is 6.85. The molecule has 3 rings (SSSR count). The van der Waals surface area contributed by atoms with Crippen molar-refractivity contribution < 1.29 is 14.3 Å². The largest absolute Gasteiger partial charge is 0.396 e. The molecule has 2 aromatic carbocycles. The zero-order chi connectivity index (χ0) is 21.8. The number of aliphatic hydroxyl groups excluding tert-OH is 1. The number of anilines is 1. The van der Waals surface area contributed by atoms with Gasteiger partial charge in [0.05, 0.1) is 10.7 Å². The number of halogens is 2. The Balaban J connectivity index is 2.06. The molecule has 30 heavy (non-hydrogen) atoms. The molecule has 0 aliphatic heterocycles. The van der Waals surface area contributed by atoms with Crippen molar-refractivity contribution in [2.24, 2.45) is 0 Å². The lowest BCUT2D eigenvalue weighted by Crippen LogP contribution is -2.33. The fraction of sp³-hybridized carbons (Fsp3) is 0.227. The van der Waals surface area contributed by atoms with Gasteiger partial charge < -0.3 is 10.4 Å². The van der Waals surface area contributed by atoms with Crippen LogP contribution in [0.15, 0.2) is 47.3 Å². The summed E-state index contributed by atoms with van der Waals surface area (Å²) in [5.74, 6) is -0.794. The molecule has 3 aromatic rings. The fourth-order valence-electron chi connectivity index (χ4n) is 3.21. The van der Waals surface area contributed by atoms with E-state index in [4.69, 9.17) is 11.6 Å². The van der Waals surface area contributed by atoms with E-state index in [9.17, 15) is 19.1 Å². The summed E-state index contributed by atoms with van der Waals surface area (Å²) in [6.45, 7) is 2.87. The molecule has 2 N–H and O–H groups in total. The van der Waals surface area contributed by atoms with E-state index in [0.29, 0.717) is 27.5 Å². The molecule has 0 unspecified atom stereocenters. The minimum absolute atomic E-state index is 0.104. The highest BCUT2D eigenvalue weighted by Crippen LogP contribution is 2.25. The number of rotatable bonds is 6. The summed E-state index contributed by atoms with van der Waals surface area (Å²) in [5, 5.41) is 12.4. The molecule has 0 bridgehead atoms. The van der Waals surface area contributed by atoms with Crippen molar-refractivity contribution in [3.8, 4) is 11.4 Å². The van der Waals surface area contributed by atoms with Crippen molar-refractivity contribution in [1.82, 2.24) is 9.55 Å². The second kappa shape index (κ2) is 9.19. The maximum Gasteiger partial charge on any atom is 0.257 e. The first-order valence-corrected chi connectivity index (χ1v) is 9.71. The summed E-state index contributed by atoms with van der Waals surface area (Å²) in [7, 11) is 0. The molecule has 0 aliphatic rings. The highest BCUT2D eigenvalue weighted by Gasteiger charge is 2.19. The maximum atomic E-state index is 13.8. The fourth-order valence-corrected chi connectivity index (χ4v) is 3.48. The summed E-state index contributed by atoms with van der Waals surface area (Å²) >= 11 is 6.17. The Labute approximate surface area is 178 Å². The molecule has 1 amide bonds. The molecule has 0 spiro atoms. The van der Waals surface area contributed by atoms with Gasteiger partial charge in [-0.05, 0) is 37.6 Å². The highest BCUT2D eigenvalue weighted by atomic mass is 35.5. The van der Waals surface area contributed by atoms with Gasteiger partial charge in [0.25, 0.3) is 5.56 Å². The van der Waals surface area contributed by atoms with Crippen LogP contribution in [0.2, 0.25) is 5.02 Å². The topological polar surface area (TPSA) is 84.2 Å². The normalized spacial score (nSPS) is 10.8. The van der Waals surface area contributed by atoms with Gasteiger partial charge in [0.15, 0.2) is 0 Å². The van der Waals surface area contributed by atoms with Crippen LogP contribution >= 0.6 is 11.6 Å². The third kappa shape index (κ3) is 4.58. The molecule has 0 fully saturated rings. The van der Waals surface area contributed by atoms with E-state index in [0.717, 1.165) is 5.56 Å². The van der Waals surface area contributed by atoms with Gasteiger partial charge in [0.2, 0.25) is 5.91 Å². The van der Waals surface area contributed by atoms with Crippen LogP contribution in [-0.2, 0) is 17.8 Å². The number of hydrogen-bond donors (Lipinski definition) is 2. The first-order chi connectivity index (χ1) is 14.3. The van der Waals surface area contributed by atoms with E-state index in [1.807, 2.05) is 0 Å². The maximum absolute atomic E-state index is 13.8. The average molecular weight is 430 g/mol. The van der Waals surface area contributed by atoms with Gasteiger partial charge in [-0.15, -0.1) is 0 Å². The van der Waals surface area contributed by atoms with E-state index in [1.165, 1.54) is 22.8 Å². The SMILES string of the molecule is Cc1cccc(Cl)c1NC(=O)Cn1c(-c2cccc(F)c2)nc(C)c(CCO)c1=O. The lowest BCUT2D eigenvalue weighted by Gasteiger charge is -2.16. The van der Waals surface area contributed by atoms with Crippen LogP contribution < -0.4 is 10.9 Å². The Morgan fingerprint density at radius 3 is 2.63 bits per heavy atom. The van der Waals surface area contributed by atoms with E-state index < -0.39 is 17.3 Å². The number of hydrogen-bond acceptors (Lipinski definition) is 4. The van der Waals surface area contributed by atoms with Crippen LogP contribution in [0.3, 0.4) is 0 Å². The van der Waals surface area contributed by atoms with Gasteiger partial charge >= 0.3 is 0 Å². The second-order valence-corrected chi connectivity index (χ2v) is 7.26. The van der Waals surface area contributed by atoms with Crippen LogP contribution in [0.25, 0.3) is 11.4 Å². The van der Waals surface area contributed by atoms with Crippen molar-refractivity contribution in [3.05, 3.63) is 80.5 Å². The van der Waals surface area contributed by atoms with Crippen molar-refractivity contribution in [3.63, 3.8) is 0 Å². The van der Waals surface area contributed by atoms with Gasteiger partial charge in [-0.3, -0.25) is 14.2 Å². The predicted molar refractivity (Wildman–Crippen MR) is 114 cm³/mol. The number of carbonyl (C=O) groups excluding carboxylic acids is 1. The van der Waals surface area contributed by atoms with Crippen LogP contribution in [-0.4, -0.2) is 27.2 Å². The van der Waals surface area contributed by atoms with Crippen LogP contribution in [0.5, 0.6) is 0 Å². The Morgan fingerprint density at radius 1 is 1.23 bits per heavy atom. The Kier molecular flexibility index (Phi) is 6.64. The number of carbonyl (C=O) groups is 1. The molecule has 6 nitrogen and oxygen atoms in total. The van der Waals surface area contributed by atoms with Gasteiger partial charge in [-0.1, -0.05) is 35.9 Å². The van der Waals surface area contributed by atoms with Crippen LogP contribution in [0, 0.1) is 19.7 Å². The molecule has 1 heterocycles. The molecule has 0 saturated carbocycles. The highest BCUT2D eigenvalue weighted by molar-refractivity contribution is 6.33. The Bertz CT molecular complexity index is 1140. The number of aryl methyl sites for hydroxylation is 2. The number of amides is 1. The molecule has 0 aliphatic carbocycles. The molecule has 1 aromatic heterocycles. The first kappa shape index (κ1) is 21.7. The smallest absolute Gasteiger partial charge is 0.257 e. The van der Waals surface area contributed by atoms with Gasteiger partial charge in [0.1, 0.15) is 18.2 Å². The van der Waals surface area contributed by atoms with Crippen LogP contribution in [0.1, 0.15) is 16.8 Å². The summed E-state index contributed by atoms with van der Waals surface area (Å²) in [6, 6.07) is 10.9. The quantitative estimate of drug-likeness (QED) is 0.628. The minimum atomic E-state index is -0.485. The summed E-state index contributed by atoms with van der Waals surface area (Å²) < 4.78 is 15.0. The molecule has 0 saturated heterocycles. The Hall–Kier alpha value is -3.03. The zero-order valence-electron chi connectivity index (χ0n) is 16.6. The van der Waals surface area contributed by atoms with E-state index in [2.05, 4.69) is 10.3 Å². The van der Waals surface area contributed by atoms with Gasteiger partial charge in [0, 0.05) is 29.8 Å². The van der Waals surface area contributed by atoms with E-state index in [-0.39, 0.29) is 25.4 Å². The van der Waals surface area contributed by atoms with Gasteiger partial charge in [-0.2, -0.15) is 0 Å². The number of benzene rings is 2. The van der Waals surface area contributed by atoms with E-state index in [1.54, 1.807) is 38.1 Å². The van der Waals surface area contributed by atoms with E-state index >= 15 is 0 Å². The average Bonchev–Trinajstić information content (AvgIpc) is 2.70. The molecular formula is C22H21ClFN3O3. The number of aromatic nitrogens is 2. The predicted octanol–water partition coefficient (Wildman–Crippen LogP) is 3.49. The van der Waals surface area contributed by atoms with Crippen molar-refractivity contribution in [2.75, 3.05) is 11.9 Å². The van der Waals surface area contributed by atoms with Crippen molar-refractivity contribution in [1.29, 1.82) is 0 Å². The van der Waals surface area contributed by atoms with Crippen molar-refractivity contribution in [2.45, 2.75) is 26.8 Å². The standard InChI is InChI=1S/C22H21ClFN3O3/c1-13-5-3-8-18(23)20(13)26-19(29)12-27-21(15-6-4-7-16(24)11-15)25-14(2)17(9-10-28)22(27)30/h3-8,11,28H,9-10,12H2,1-2H3,(H,26,29). The number of nitrogens with one attached hydrogen (secondary N) is 1. The third-order valence-corrected chi connectivity index (χ3v) is 5.02.